The molecule has 0 aliphatic heterocycles. The smallest absolute Gasteiger partial charge is 0.220 e. The molecule has 0 aromatic heterocycles. The highest BCUT2D eigenvalue weighted by atomic mass is 19.1. The second kappa shape index (κ2) is 9.21. The number of amides is 1. The fourth-order valence-electron chi connectivity index (χ4n) is 2.78. The Hall–Kier alpha value is -2.83. The van der Waals surface area contributed by atoms with Crippen molar-refractivity contribution in [3.05, 3.63) is 53.1 Å². The molecular weight excluding hydrogens is 356 g/mol. The lowest BCUT2D eigenvalue weighted by Gasteiger charge is -2.16. The third-order valence-electron chi connectivity index (χ3n) is 4.17. The number of hydrogen-bond donors (Lipinski definition) is 1. The van der Waals surface area contributed by atoms with E-state index in [9.17, 15) is 13.6 Å². The number of carbonyl (C=O) groups is 1. The van der Waals surface area contributed by atoms with Crippen LogP contribution in [0, 0.1) is 11.6 Å². The van der Waals surface area contributed by atoms with Crippen LogP contribution in [0.1, 0.15) is 30.5 Å². The molecule has 0 saturated carbocycles. The Bertz CT molecular complexity index is 786. The number of rotatable bonds is 8. The van der Waals surface area contributed by atoms with E-state index in [1.54, 1.807) is 19.1 Å². The zero-order valence-electron chi connectivity index (χ0n) is 15.8. The largest absolute Gasteiger partial charge is 0.493 e. The second-order valence-electron chi connectivity index (χ2n) is 5.99. The van der Waals surface area contributed by atoms with Crippen LogP contribution in [0.15, 0.2) is 30.3 Å². The third kappa shape index (κ3) is 5.09. The summed E-state index contributed by atoms with van der Waals surface area (Å²) in [5.74, 6) is -0.0961. The number of halogens is 2. The van der Waals surface area contributed by atoms with E-state index in [-0.39, 0.29) is 17.9 Å². The summed E-state index contributed by atoms with van der Waals surface area (Å²) in [6, 6.07) is 6.27. The van der Waals surface area contributed by atoms with Gasteiger partial charge in [0.25, 0.3) is 0 Å². The van der Waals surface area contributed by atoms with Crippen molar-refractivity contribution in [1.82, 2.24) is 5.32 Å². The van der Waals surface area contributed by atoms with E-state index >= 15 is 0 Å². The van der Waals surface area contributed by atoms with Gasteiger partial charge in [-0.05, 0) is 37.1 Å². The van der Waals surface area contributed by atoms with Crippen molar-refractivity contribution in [2.45, 2.75) is 25.8 Å². The van der Waals surface area contributed by atoms with Crippen LogP contribution in [0.5, 0.6) is 17.2 Å². The van der Waals surface area contributed by atoms with E-state index in [1.165, 1.54) is 27.4 Å². The van der Waals surface area contributed by atoms with E-state index in [4.69, 9.17) is 14.2 Å². The standard InChI is InChI=1S/C20H23F2NO4/c1-12(15-7-6-14(21)11-16(15)22)23-19(24)8-5-13-9-17(25-2)20(27-4)18(10-13)26-3/h6-7,9-12H,5,8H2,1-4H3,(H,23,24). The molecule has 1 N–H and O–H groups in total. The molecule has 0 aliphatic rings. The number of carbonyl (C=O) groups excluding carboxylic acids is 1. The summed E-state index contributed by atoms with van der Waals surface area (Å²) < 4.78 is 42.7. The minimum atomic E-state index is -0.688. The van der Waals surface area contributed by atoms with Crippen LogP contribution in [-0.4, -0.2) is 27.2 Å². The van der Waals surface area contributed by atoms with Gasteiger partial charge in [0, 0.05) is 18.1 Å². The fourth-order valence-corrected chi connectivity index (χ4v) is 2.78. The number of nitrogens with one attached hydrogen (secondary N) is 1. The first-order valence-electron chi connectivity index (χ1n) is 8.42. The van der Waals surface area contributed by atoms with Gasteiger partial charge in [0.1, 0.15) is 11.6 Å². The van der Waals surface area contributed by atoms with Crippen molar-refractivity contribution >= 4 is 5.91 Å². The van der Waals surface area contributed by atoms with E-state index in [1.807, 2.05) is 0 Å². The Morgan fingerprint density at radius 2 is 1.67 bits per heavy atom. The van der Waals surface area contributed by atoms with E-state index in [2.05, 4.69) is 5.32 Å². The molecule has 0 heterocycles. The molecule has 27 heavy (non-hydrogen) atoms. The fraction of sp³-hybridized carbons (Fsp3) is 0.350. The van der Waals surface area contributed by atoms with Crippen molar-refractivity contribution in [2.24, 2.45) is 0 Å². The number of ether oxygens (including phenoxy) is 3. The highest BCUT2D eigenvalue weighted by Crippen LogP contribution is 2.38. The van der Waals surface area contributed by atoms with Crippen LogP contribution in [0.25, 0.3) is 0 Å². The predicted molar refractivity (Wildman–Crippen MR) is 97.3 cm³/mol. The summed E-state index contributed by atoms with van der Waals surface area (Å²) in [6.07, 6.45) is 0.618. The molecule has 0 saturated heterocycles. The van der Waals surface area contributed by atoms with Gasteiger partial charge in [-0.15, -0.1) is 0 Å². The monoisotopic (exact) mass is 379 g/mol. The van der Waals surface area contributed by atoms with Gasteiger partial charge < -0.3 is 19.5 Å². The molecule has 1 unspecified atom stereocenters. The van der Waals surface area contributed by atoms with Crippen LogP contribution < -0.4 is 19.5 Å². The summed E-state index contributed by atoms with van der Waals surface area (Å²) in [4.78, 5) is 12.2. The molecule has 7 heteroatoms. The van der Waals surface area contributed by atoms with Gasteiger partial charge in [0.15, 0.2) is 11.5 Å². The average Bonchev–Trinajstić information content (AvgIpc) is 2.65. The van der Waals surface area contributed by atoms with Gasteiger partial charge in [-0.25, -0.2) is 8.78 Å². The van der Waals surface area contributed by atoms with Gasteiger partial charge in [-0.2, -0.15) is 0 Å². The molecule has 2 aromatic carbocycles. The van der Waals surface area contributed by atoms with Crippen molar-refractivity contribution in [1.29, 1.82) is 0 Å². The second-order valence-corrected chi connectivity index (χ2v) is 5.99. The van der Waals surface area contributed by atoms with Crippen molar-refractivity contribution in [3.63, 3.8) is 0 Å². The Morgan fingerprint density at radius 3 is 2.19 bits per heavy atom. The zero-order valence-corrected chi connectivity index (χ0v) is 15.8. The van der Waals surface area contributed by atoms with E-state index in [0.29, 0.717) is 23.7 Å². The Kier molecular flexibility index (Phi) is 6.98. The third-order valence-corrected chi connectivity index (χ3v) is 4.17. The first-order chi connectivity index (χ1) is 12.9. The van der Waals surface area contributed by atoms with Gasteiger partial charge in [0.05, 0.1) is 27.4 Å². The maximum atomic E-state index is 13.8. The molecule has 5 nitrogen and oxygen atoms in total. The topological polar surface area (TPSA) is 56.8 Å². The number of methoxy groups -OCH3 is 3. The SMILES string of the molecule is COc1cc(CCC(=O)NC(C)c2ccc(F)cc2F)cc(OC)c1OC. The minimum Gasteiger partial charge on any atom is -0.493 e. The molecule has 2 aromatic rings. The van der Waals surface area contributed by atoms with Crippen LogP contribution in [0.3, 0.4) is 0 Å². The van der Waals surface area contributed by atoms with Crippen LogP contribution in [0.4, 0.5) is 8.78 Å². The van der Waals surface area contributed by atoms with Crippen LogP contribution in [-0.2, 0) is 11.2 Å². The molecule has 0 bridgehead atoms. The Labute approximate surface area is 157 Å². The molecule has 0 fully saturated rings. The van der Waals surface area contributed by atoms with Gasteiger partial charge in [-0.1, -0.05) is 6.07 Å². The highest BCUT2D eigenvalue weighted by Gasteiger charge is 2.16. The minimum absolute atomic E-state index is 0.186. The van der Waals surface area contributed by atoms with Crippen molar-refractivity contribution in [2.75, 3.05) is 21.3 Å². The van der Waals surface area contributed by atoms with Crippen molar-refractivity contribution < 1.29 is 27.8 Å². The molecule has 0 aliphatic carbocycles. The summed E-state index contributed by atoms with van der Waals surface area (Å²) in [5.41, 5.74) is 1.07. The molecule has 0 spiro atoms. The lowest BCUT2D eigenvalue weighted by atomic mass is 10.1. The molecule has 1 amide bonds. The molecule has 0 radical (unpaired) electrons. The van der Waals surface area contributed by atoms with Gasteiger partial charge >= 0.3 is 0 Å². The zero-order chi connectivity index (χ0) is 20.0. The summed E-state index contributed by atoms with van der Waals surface area (Å²) in [5, 5.41) is 2.72. The molecular formula is C20H23F2NO4. The summed E-state index contributed by atoms with van der Waals surface area (Å²) in [7, 11) is 4.56. The normalized spacial score (nSPS) is 11.6. The maximum Gasteiger partial charge on any atom is 0.220 e. The first kappa shape index (κ1) is 20.5. The highest BCUT2D eigenvalue weighted by molar-refractivity contribution is 5.76. The van der Waals surface area contributed by atoms with E-state index in [0.717, 1.165) is 17.7 Å². The molecule has 2 rings (SSSR count). The van der Waals surface area contributed by atoms with Gasteiger partial charge in [-0.3, -0.25) is 4.79 Å². The predicted octanol–water partition coefficient (Wildman–Crippen LogP) is 3.80. The molecule has 146 valence electrons. The first-order valence-corrected chi connectivity index (χ1v) is 8.42. The number of aryl methyl sites for hydroxylation is 1. The maximum absolute atomic E-state index is 13.8. The molecule has 1 atom stereocenters. The van der Waals surface area contributed by atoms with Crippen LogP contribution >= 0.6 is 0 Å². The van der Waals surface area contributed by atoms with Crippen molar-refractivity contribution in [3.8, 4) is 17.2 Å². The number of hydrogen-bond acceptors (Lipinski definition) is 4. The summed E-state index contributed by atoms with van der Waals surface area (Å²) >= 11 is 0. The Balaban J connectivity index is 2.02. The van der Waals surface area contributed by atoms with E-state index < -0.39 is 17.7 Å². The lowest BCUT2D eigenvalue weighted by molar-refractivity contribution is -0.121. The van der Waals surface area contributed by atoms with Crippen LogP contribution in [0.2, 0.25) is 0 Å². The summed E-state index contributed by atoms with van der Waals surface area (Å²) in [6.45, 7) is 1.65. The number of benzene rings is 2. The Morgan fingerprint density at radius 1 is 1.04 bits per heavy atom. The van der Waals surface area contributed by atoms with Gasteiger partial charge in [0.2, 0.25) is 11.7 Å². The average molecular weight is 379 g/mol. The lowest BCUT2D eigenvalue weighted by Crippen LogP contribution is -2.27. The quantitative estimate of drug-likeness (QED) is 0.758.